The fourth-order valence-corrected chi connectivity index (χ4v) is 2.27. The van der Waals surface area contributed by atoms with Crippen LogP contribution in [0, 0.1) is 5.82 Å². The van der Waals surface area contributed by atoms with E-state index < -0.39 is 11.9 Å². The molecule has 2 rings (SSSR count). The van der Waals surface area contributed by atoms with Gasteiger partial charge in [-0.1, -0.05) is 13.0 Å². The molecule has 0 aliphatic carbocycles. The molecule has 0 aliphatic rings. The number of halogens is 1. The second kappa shape index (κ2) is 6.58. The molecule has 0 aliphatic heterocycles. The number of nitrogens with two attached hydrogens (primary N) is 1. The van der Waals surface area contributed by atoms with E-state index in [4.69, 9.17) is 15.2 Å². The minimum Gasteiger partial charge on any atom is -0.494 e. The fraction of sp³-hybridized carbons (Fsp3) is 0.400. The molecule has 1 aromatic heterocycles. The largest absolute Gasteiger partial charge is 0.494 e. The van der Waals surface area contributed by atoms with Crippen molar-refractivity contribution < 1.29 is 13.9 Å². The van der Waals surface area contributed by atoms with E-state index in [2.05, 4.69) is 12.0 Å². The lowest BCUT2D eigenvalue weighted by atomic mass is 10.0. The van der Waals surface area contributed by atoms with Crippen molar-refractivity contribution in [2.24, 2.45) is 5.73 Å². The van der Waals surface area contributed by atoms with Crippen molar-refractivity contribution in [2.45, 2.75) is 25.9 Å². The predicted octanol–water partition coefficient (Wildman–Crippen LogP) is 2.50. The lowest BCUT2D eigenvalue weighted by Gasteiger charge is -2.16. The highest BCUT2D eigenvalue weighted by atomic mass is 19.1. The van der Waals surface area contributed by atoms with Gasteiger partial charge in [-0.15, -0.1) is 0 Å². The summed E-state index contributed by atoms with van der Waals surface area (Å²) in [6.45, 7) is 2.78. The summed E-state index contributed by atoms with van der Waals surface area (Å²) in [6, 6.07) is 4.17. The van der Waals surface area contributed by atoms with E-state index >= 15 is 0 Å². The van der Waals surface area contributed by atoms with Crippen LogP contribution in [0.4, 0.5) is 4.39 Å². The summed E-state index contributed by atoms with van der Waals surface area (Å²) < 4.78 is 25.9. The Morgan fingerprint density at radius 3 is 2.57 bits per heavy atom. The molecule has 0 amide bonds. The number of rotatable bonds is 6. The standard InChI is InChI=1S/C15H20FN3O2/c1-4-7-19-15(13(21-3)9-18-19)14(17)10-5-6-12(20-2)11(16)8-10/h5-6,8-9,14H,4,7,17H2,1-3H3. The van der Waals surface area contributed by atoms with Gasteiger partial charge in [-0.3, -0.25) is 4.68 Å². The molecule has 0 bridgehead atoms. The van der Waals surface area contributed by atoms with Gasteiger partial charge in [0.2, 0.25) is 0 Å². The van der Waals surface area contributed by atoms with Crippen LogP contribution in [0.3, 0.4) is 0 Å². The van der Waals surface area contributed by atoms with Gasteiger partial charge in [0.05, 0.1) is 26.5 Å². The Morgan fingerprint density at radius 2 is 2.00 bits per heavy atom. The van der Waals surface area contributed by atoms with Crippen LogP contribution in [0.1, 0.15) is 30.6 Å². The summed E-state index contributed by atoms with van der Waals surface area (Å²) in [5, 5.41) is 4.27. The molecule has 2 aromatic rings. The normalized spacial score (nSPS) is 12.2. The monoisotopic (exact) mass is 293 g/mol. The third-order valence-electron chi connectivity index (χ3n) is 3.33. The van der Waals surface area contributed by atoms with Crippen molar-refractivity contribution in [3.8, 4) is 11.5 Å². The van der Waals surface area contributed by atoms with Crippen molar-refractivity contribution in [1.29, 1.82) is 0 Å². The summed E-state index contributed by atoms with van der Waals surface area (Å²) in [5.41, 5.74) is 7.66. The molecular weight excluding hydrogens is 273 g/mol. The van der Waals surface area contributed by atoms with Gasteiger partial charge in [0, 0.05) is 6.54 Å². The zero-order chi connectivity index (χ0) is 15.4. The average Bonchev–Trinajstić information content (AvgIpc) is 2.89. The van der Waals surface area contributed by atoms with Crippen LogP contribution in [0.25, 0.3) is 0 Å². The number of ether oxygens (including phenoxy) is 2. The smallest absolute Gasteiger partial charge is 0.165 e. The molecule has 114 valence electrons. The third-order valence-corrected chi connectivity index (χ3v) is 3.33. The molecule has 1 heterocycles. The summed E-state index contributed by atoms with van der Waals surface area (Å²) >= 11 is 0. The van der Waals surface area contributed by atoms with Crippen molar-refractivity contribution in [3.05, 3.63) is 41.5 Å². The second-order valence-corrected chi connectivity index (χ2v) is 4.69. The Morgan fingerprint density at radius 1 is 1.29 bits per heavy atom. The summed E-state index contributed by atoms with van der Waals surface area (Å²) in [7, 11) is 3.00. The molecule has 6 heteroatoms. The number of benzene rings is 1. The van der Waals surface area contributed by atoms with E-state index in [0.717, 1.165) is 18.7 Å². The molecular formula is C15H20FN3O2. The van der Waals surface area contributed by atoms with Gasteiger partial charge in [-0.05, 0) is 24.1 Å². The summed E-state index contributed by atoms with van der Waals surface area (Å²) in [4.78, 5) is 0. The van der Waals surface area contributed by atoms with Crippen LogP contribution >= 0.6 is 0 Å². The third kappa shape index (κ3) is 3.00. The molecule has 0 saturated carbocycles. The van der Waals surface area contributed by atoms with Crippen molar-refractivity contribution in [3.63, 3.8) is 0 Å². The van der Waals surface area contributed by atoms with Crippen LogP contribution in [-0.2, 0) is 6.54 Å². The van der Waals surface area contributed by atoms with Gasteiger partial charge in [0.25, 0.3) is 0 Å². The Labute approximate surface area is 123 Å². The maximum absolute atomic E-state index is 13.8. The maximum atomic E-state index is 13.8. The molecule has 5 nitrogen and oxygen atoms in total. The lowest BCUT2D eigenvalue weighted by Crippen LogP contribution is -2.18. The van der Waals surface area contributed by atoms with Gasteiger partial charge in [-0.2, -0.15) is 5.10 Å². The van der Waals surface area contributed by atoms with Crippen LogP contribution < -0.4 is 15.2 Å². The predicted molar refractivity (Wildman–Crippen MR) is 78.1 cm³/mol. The first-order valence-electron chi connectivity index (χ1n) is 6.81. The Balaban J connectivity index is 2.41. The molecule has 21 heavy (non-hydrogen) atoms. The highest BCUT2D eigenvalue weighted by molar-refractivity contribution is 5.39. The van der Waals surface area contributed by atoms with Crippen LogP contribution in [-0.4, -0.2) is 24.0 Å². The van der Waals surface area contributed by atoms with Gasteiger partial charge < -0.3 is 15.2 Å². The van der Waals surface area contributed by atoms with E-state index in [9.17, 15) is 4.39 Å². The Hall–Kier alpha value is -2.08. The fourth-order valence-electron chi connectivity index (χ4n) is 2.27. The van der Waals surface area contributed by atoms with E-state index in [-0.39, 0.29) is 5.75 Å². The molecule has 0 radical (unpaired) electrons. The highest BCUT2D eigenvalue weighted by Gasteiger charge is 2.21. The van der Waals surface area contributed by atoms with Crippen molar-refractivity contribution in [1.82, 2.24) is 9.78 Å². The zero-order valence-corrected chi connectivity index (χ0v) is 12.5. The molecule has 1 aromatic carbocycles. The van der Waals surface area contributed by atoms with Gasteiger partial charge in [0.15, 0.2) is 17.3 Å². The van der Waals surface area contributed by atoms with Gasteiger partial charge in [0.1, 0.15) is 5.69 Å². The number of hydrogen-bond acceptors (Lipinski definition) is 4. The second-order valence-electron chi connectivity index (χ2n) is 4.69. The Bertz CT molecular complexity index is 613. The van der Waals surface area contributed by atoms with E-state index in [1.165, 1.54) is 13.2 Å². The van der Waals surface area contributed by atoms with Crippen molar-refractivity contribution in [2.75, 3.05) is 14.2 Å². The molecule has 1 atom stereocenters. The van der Waals surface area contributed by atoms with Crippen LogP contribution in [0.15, 0.2) is 24.4 Å². The summed E-state index contributed by atoms with van der Waals surface area (Å²) in [6.07, 6.45) is 2.55. The molecule has 0 spiro atoms. The first-order valence-corrected chi connectivity index (χ1v) is 6.81. The molecule has 0 fully saturated rings. The van der Waals surface area contributed by atoms with Gasteiger partial charge in [-0.25, -0.2) is 4.39 Å². The SMILES string of the molecule is CCCn1ncc(OC)c1C(N)c1ccc(OC)c(F)c1. The van der Waals surface area contributed by atoms with E-state index in [0.29, 0.717) is 11.3 Å². The number of nitrogens with zero attached hydrogens (tertiary/aromatic N) is 2. The first-order chi connectivity index (χ1) is 10.1. The number of hydrogen-bond donors (Lipinski definition) is 1. The van der Waals surface area contributed by atoms with Crippen LogP contribution in [0.2, 0.25) is 0 Å². The lowest BCUT2D eigenvalue weighted by molar-refractivity contribution is 0.385. The average molecular weight is 293 g/mol. The zero-order valence-electron chi connectivity index (χ0n) is 12.5. The molecule has 2 N–H and O–H groups in total. The first kappa shape index (κ1) is 15.3. The topological polar surface area (TPSA) is 62.3 Å². The highest BCUT2D eigenvalue weighted by Crippen LogP contribution is 2.30. The molecule has 0 saturated heterocycles. The number of aryl methyl sites for hydroxylation is 1. The van der Waals surface area contributed by atoms with E-state index in [1.807, 2.05) is 0 Å². The molecule has 1 unspecified atom stereocenters. The quantitative estimate of drug-likeness (QED) is 0.889. The number of aromatic nitrogens is 2. The van der Waals surface area contributed by atoms with Crippen molar-refractivity contribution >= 4 is 0 Å². The minimum atomic E-state index is -0.519. The maximum Gasteiger partial charge on any atom is 0.165 e. The Kier molecular flexibility index (Phi) is 4.80. The number of methoxy groups -OCH3 is 2. The van der Waals surface area contributed by atoms with Crippen LogP contribution in [0.5, 0.6) is 11.5 Å². The van der Waals surface area contributed by atoms with Gasteiger partial charge >= 0.3 is 0 Å². The van der Waals surface area contributed by atoms with E-state index in [1.54, 1.807) is 30.1 Å². The minimum absolute atomic E-state index is 0.194. The summed E-state index contributed by atoms with van der Waals surface area (Å²) in [5.74, 6) is 0.359.